The van der Waals surface area contributed by atoms with Gasteiger partial charge in [0.05, 0.1) is 10.6 Å². The molecule has 2 amide bonds. The standard InChI is InChI=1S/C34H34Cl2FN3O4S/c1-3-24(2)38-34(42)32(18-25-10-6-4-7-11-25)39(22-26-14-16-29(37)17-15-26)33(41)23-40(30-20-27(35)19-28(36)21-30)45(43,44)31-12-8-5-9-13-31/h4-17,19-21,24,32H,3,18,22-23H2,1-2H3,(H,38,42)/t24-,32-/m1/s1. The minimum atomic E-state index is -4.30. The first kappa shape index (κ1) is 34.0. The van der Waals surface area contributed by atoms with Gasteiger partial charge in [-0.3, -0.25) is 13.9 Å². The van der Waals surface area contributed by atoms with Crippen LogP contribution in [0.4, 0.5) is 10.1 Å². The van der Waals surface area contributed by atoms with E-state index in [1.807, 2.05) is 44.2 Å². The van der Waals surface area contributed by atoms with E-state index in [-0.39, 0.29) is 39.6 Å². The van der Waals surface area contributed by atoms with E-state index >= 15 is 0 Å². The summed E-state index contributed by atoms with van der Waals surface area (Å²) < 4.78 is 42.8. The molecule has 0 bridgehead atoms. The maximum Gasteiger partial charge on any atom is 0.264 e. The number of anilines is 1. The molecule has 0 unspecified atom stereocenters. The summed E-state index contributed by atoms with van der Waals surface area (Å²) in [6.07, 6.45) is 0.818. The molecular formula is C34H34Cl2FN3O4S. The third kappa shape index (κ3) is 9.06. The number of sulfonamides is 1. The second kappa shape index (κ2) is 15.4. The fourth-order valence-electron chi connectivity index (χ4n) is 4.71. The summed E-state index contributed by atoms with van der Waals surface area (Å²) >= 11 is 12.5. The number of carbonyl (C=O) groups excluding carboxylic acids is 2. The van der Waals surface area contributed by atoms with Crippen molar-refractivity contribution in [2.24, 2.45) is 0 Å². The Morgan fingerprint density at radius 3 is 2.00 bits per heavy atom. The van der Waals surface area contributed by atoms with Crippen molar-refractivity contribution in [2.45, 2.75) is 50.2 Å². The zero-order valence-electron chi connectivity index (χ0n) is 24.9. The first-order valence-electron chi connectivity index (χ1n) is 14.4. The number of halogens is 3. The average Bonchev–Trinajstić information content (AvgIpc) is 3.02. The van der Waals surface area contributed by atoms with E-state index in [1.165, 1.54) is 59.5 Å². The number of carbonyl (C=O) groups is 2. The van der Waals surface area contributed by atoms with E-state index in [1.54, 1.807) is 18.2 Å². The van der Waals surface area contributed by atoms with Gasteiger partial charge in [-0.05, 0) is 66.9 Å². The van der Waals surface area contributed by atoms with Gasteiger partial charge in [0.1, 0.15) is 18.4 Å². The van der Waals surface area contributed by atoms with Crippen LogP contribution >= 0.6 is 23.2 Å². The summed E-state index contributed by atoms with van der Waals surface area (Å²) in [6.45, 7) is 3.04. The van der Waals surface area contributed by atoms with Crippen LogP contribution in [0.1, 0.15) is 31.4 Å². The molecule has 0 spiro atoms. The minimum absolute atomic E-state index is 0.0469. The van der Waals surface area contributed by atoms with Crippen LogP contribution in [0.3, 0.4) is 0 Å². The Hall–Kier alpha value is -3.92. The molecule has 236 valence electrons. The van der Waals surface area contributed by atoms with Gasteiger partial charge in [-0.1, -0.05) is 90.8 Å². The lowest BCUT2D eigenvalue weighted by atomic mass is 10.0. The normalized spacial score (nSPS) is 12.6. The predicted octanol–water partition coefficient (Wildman–Crippen LogP) is 6.88. The van der Waals surface area contributed by atoms with Gasteiger partial charge in [0.15, 0.2) is 0 Å². The summed E-state index contributed by atoms with van der Waals surface area (Å²) in [6, 6.07) is 25.6. The van der Waals surface area contributed by atoms with Crippen LogP contribution in [0.15, 0.2) is 108 Å². The molecule has 45 heavy (non-hydrogen) atoms. The first-order chi connectivity index (χ1) is 21.5. The zero-order chi connectivity index (χ0) is 32.6. The molecule has 4 aromatic carbocycles. The summed E-state index contributed by atoms with van der Waals surface area (Å²) in [4.78, 5) is 29.6. The highest BCUT2D eigenvalue weighted by atomic mass is 35.5. The van der Waals surface area contributed by atoms with Gasteiger partial charge >= 0.3 is 0 Å². The minimum Gasteiger partial charge on any atom is -0.352 e. The first-order valence-corrected chi connectivity index (χ1v) is 16.6. The van der Waals surface area contributed by atoms with Crippen LogP contribution in [0.5, 0.6) is 0 Å². The quantitative estimate of drug-likeness (QED) is 0.168. The zero-order valence-corrected chi connectivity index (χ0v) is 27.2. The van der Waals surface area contributed by atoms with E-state index < -0.39 is 40.2 Å². The Morgan fingerprint density at radius 1 is 0.844 bits per heavy atom. The Balaban J connectivity index is 1.82. The van der Waals surface area contributed by atoms with E-state index in [0.717, 1.165) is 9.87 Å². The van der Waals surface area contributed by atoms with Crippen molar-refractivity contribution < 1.29 is 22.4 Å². The number of hydrogen-bond donors (Lipinski definition) is 1. The lowest BCUT2D eigenvalue weighted by Crippen LogP contribution is -2.54. The van der Waals surface area contributed by atoms with Crippen LogP contribution in [0, 0.1) is 5.82 Å². The molecular weight excluding hydrogens is 636 g/mol. The van der Waals surface area contributed by atoms with Crippen LogP contribution in [-0.2, 0) is 32.6 Å². The number of amides is 2. The molecule has 2 atom stereocenters. The van der Waals surface area contributed by atoms with Crippen molar-refractivity contribution in [3.8, 4) is 0 Å². The number of rotatable bonds is 13. The molecule has 0 aliphatic carbocycles. The number of nitrogens with one attached hydrogen (secondary N) is 1. The summed E-state index contributed by atoms with van der Waals surface area (Å²) in [5, 5.41) is 3.33. The highest BCUT2D eigenvalue weighted by Crippen LogP contribution is 2.30. The van der Waals surface area contributed by atoms with E-state index in [0.29, 0.717) is 12.0 Å². The second-order valence-electron chi connectivity index (χ2n) is 10.6. The smallest absolute Gasteiger partial charge is 0.264 e. The van der Waals surface area contributed by atoms with Gasteiger partial charge in [0, 0.05) is 29.1 Å². The Morgan fingerprint density at radius 2 is 1.42 bits per heavy atom. The fraction of sp³-hybridized carbons (Fsp3) is 0.235. The van der Waals surface area contributed by atoms with E-state index in [2.05, 4.69) is 5.32 Å². The second-order valence-corrected chi connectivity index (χ2v) is 13.4. The molecule has 0 aromatic heterocycles. The molecule has 11 heteroatoms. The van der Waals surface area contributed by atoms with Gasteiger partial charge in [-0.15, -0.1) is 0 Å². The Kier molecular flexibility index (Phi) is 11.6. The fourth-order valence-corrected chi connectivity index (χ4v) is 6.65. The molecule has 0 radical (unpaired) electrons. The number of hydrogen-bond acceptors (Lipinski definition) is 4. The SMILES string of the molecule is CC[C@@H](C)NC(=O)[C@@H](Cc1ccccc1)N(Cc1ccc(F)cc1)C(=O)CN(c1cc(Cl)cc(Cl)c1)S(=O)(=O)c1ccccc1. The van der Waals surface area contributed by atoms with Gasteiger partial charge in [-0.25, -0.2) is 12.8 Å². The van der Waals surface area contributed by atoms with E-state index in [9.17, 15) is 22.4 Å². The molecule has 4 rings (SSSR count). The van der Waals surface area contributed by atoms with Crippen molar-refractivity contribution in [1.29, 1.82) is 0 Å². The van der Waals surface area contributed by atoms with Crippen LogP contribution in [0.2, 0.25) is 10.0 Å². The topological polar surface area (TPSA) is 86.8 Å². The Bertz CT molecular complexity index is 1690. The molecule has 0 fully saturated rings. The number of nitrogens with zero attached hydrogens (tertiary/aromatic N) is 2. The third-order valence-corrected chi connectivity index (χ3v) is 9.51. The molecule has 0 saturated heterocycles. The molecule has 0 heterocycles. The average molecular weight is 671 g/mol. The van der Waals surface area contributed by atoms with Crippen molar-refractivity contribution in [2.75, 3.05) is 10.8 Å². The molecule has 0 saturated carbocycles. The molecule has 4 aromatic rings. The highest BCUT2D eigenvalue weighted by Gasteiger charge is 2.35. The summed E-state index contributed by atoms with van der Waals surface area (Å²) in [5.74, 6) is -1.51. The maximum absolute atomic E-state index is 14.4. The van der Waals surface area contributed by atoms with Gasteiger partial charge in [-0.2, -0.15) is 0 Å². The molecule has 0 aliphatic heterocycles. The molecule has 1 N–H and O–H groups in total. The van der Waals surface area contributed by atoms with Crippen LogP contribution in [0.25, 0.3) is 0 Å². The lowest BCUT2D eigenvalue weighted by Gasteiger charge is -2.34. The van der Waals surface area contributed by atoms with Gasteiger partial charge < -0.3 is 10.2 Å². The maximum atomic E-state index is 14.4. The highest BCUT2D eigenvalue weighted by molar-refractivity contribution is 7.92. The summed E-state index contributed by atoms with van der Waals surface area (Å²) in [7, 11) is -4.30. The molecule has 0 aliphatic rings. The number of benzene rings is 4. The van der Waals surface area contributed by atoms with Crippen LogP contribution in [-0.4, -0.2) is 43.8 Å². The van der Waals surface area contributed by atoms with Crippen LogP contribution < -0.4 is 9.62 Å². The van der Waals surface area contributed by atoms with Crippen molar-refractivity contribution in [3.05, 3.63) is 130 Å². The lowest BCUT2D eigenvalue weighted by molar-refractivity contribution is -0.140. The van der Waals surface area contributed by atoms with Crippen molar-refractivity contribution in [1.82, 2.24) is 10.2 Å². The van der Waals surface area contributed by atoms with Gasteiger partial charge in [0.25, 0.3) is 10.0 Å². The van der Waals surface area contributed by atoms with Gasteiger partial charge in [0.2, 0.25) is 11.8 Å². The monoisotopic (exact) mass is 669 g/mol. The van der Waals surface area contributed by atoms with Crippen molar-refractivity contribution >= 4 is 50.7 Å². The third-order valence-electron chi connectivity index (χ3n) is 7.28. The molecule has 7 nitrogen and oxygen atoms in total. The Labute approximate surface area is 273 Å². The largest absolute Gasteiger partial charge is 0.352 e. The summed E-state index contributed by atoms with van der Waals surface area (Å²) in [5.41, 5.74) is 1.44. The van der Waals surface area contributed by atoms with Crippen molar-refractivity contribution in [3.63, 3.8) is 0 Å². The van der Waals surface area contributed by atoms with E-state index in [4.69, 9.17) is 23.2 Å². The predicted molar refractivity (Wildman–Crippen MR) is 176 cm³/mol.